The molecule has 24 heavy (non-hydrogen) atoms. The first-order valence-electron chi connectivity index (χ1n) is 7.35. The van der Waals surface area contributed by atoms with Gasteiger partial charge in [0.25, 0.3) is 5.69 Å². The first-order valence-corrected chi connectivity index (χ1v) is 7.35. The van der Waals surface area contributed by atoms with Crippen molar-refractivity contribution in [2.45, 2.75) is 0 Å². The summed E-state index contributed by atoms with van der Waals surface area (Å²) in [4.78, 5) is 33.5. The van der Waals surface area contributed by atoms with Crippen LogP contribution < -0.4 is 9.80 Å². The number of para-hydroxylation sites is 2. The molecular formula is C15H15N5O4. The number of hydrogen-bond donors (Lipinski definition) is 1. The van der Waals surface area contributed by atoms with Gasteiger partial charge in [-0.05, 0) is 6.07 Å². The second-order valence-corrected chi connectivity index (χ2v) is 5.28. The molecule has 124 valence electrons. The molecule has 9 heteroatoms. The zero-order valence-corrected chi connectivity index (χ0v) is 12.7. The third-order valence-corrected chi connectivity index (χ3v) is 3.88. The van der Waals surface area contributed by atoms with E-state index < -0.39 is 5.97 Å². The molecule has 1 aliphatic heterocycles. The fourth-order valence-corrected chi connectivity index (χ4v) is 2.66. The maximum Gasteiger partial charge on any atom is 0.356 e. The number of nitrogens with zero attached hydrogens (tertiary/aromatic N) is 5. The molecule has 0 spiro atoms. The van der Waals surface area contributed by atoms with E-state index >= 15 is 0 Å². The van der Waals surface area contributed by atoms with Gasteiger partial charge in [0.05, 0.1) is 17.3 Å². The lowest BCUT2D eigenvalue weighted by Crippen LogP contribution is -2.47. The zero-order chi connectivity index (χ0) is 17.1. The van der Waals surface area contributed by atoms with Gasteiger partial charge in [-0.15, -0.1) is 0 Å². The summed E-state index contributed by atoms with van der Waals surface area (Å²) < 4.78 is 0. The Labute approximate surface area is 137 Å². The van der Waals surface area contributed by atoms with Crippen molar-refractivity contribution in [1.29, 1.82) is 0 Å². The molecule has 2 heterocycles. The smallest absolute Gasteiger partial charge is 0.356 e. The number of nitro groups is 1. The van der Waals surface area contributed by atoms with Gasteiger partial charge >= 0.3 is 5.97 Å². The highest BCUT2D eigenvalue weighted by Gasteiger charge is 2.24. The predicted molar refractivity (Wildman–Crippen MR) is 86.5 cm³/mol. The SMILES string of the molecule is O=C(O)c1cnc(N2CCN(c3ccccc3[N+](=O)[O-])CC2)cn1. The number of anilines is 2. The number of carbonyl (C=O) groups is 1. The van der Waals surface area contributed by atoms with Crippen LogP contribution in [0.2, 0.25) is 0 Å². The number of carboxylic acid groups (broad SMARTS) is 1. The topological polar surface area (TPSA) is 113 Å². The number of aromatic nitrogens is 2. The predicted octanol–water partition coefficient (Wildman–Crippen LogP) is 1.41. The van der Waals surface area contributed by atoms with E-state index in [2.05, 4.69) is 9.97 Å². The van der Waals surface area contributed by atoms with Crippen molar-refractivity contribution in [3.05, 3.63) is 52.5 Å². The highest BCUT2D eigenvalue weighted by molar-refractivity contribution is 5.84. The van der Waals surface area contributed by atoms with Crippen molar-refractivity contribution in [2.24, 2.45) is 0 Å². The Morgan fingerprint density at radius 2 is 1.75 bits per heavy atom. The van der Waals surface area contributed by atoms with Crippen LogP contribution in [0.4, 0.5) is 17.2 Å². The van der Waals surface area contributed by atoms with Crippen LogP contribution in [0, 0.1) is 10.1 Å². The Bertz CT molecular complexity index is 757. The van der Waals surface area contributed by atoms with Gasteiger partial charge in [-0.25, -0.2) is 14.8 Å². The molecule has 0 radical (unpaired) electrons. The molecule has 1 fully saturated rings. The minimum atomic E-state index is -1.12. The van der Waals surface area contributed by atoms with Gasteiger partial charge < -0.3 is 14.9 Å². The molecular weight excluding hydrogens is 314 g/mol. The number of rotatable bonds is 4. The number of aromatic carboxylic acids is 1. The largest absolute Gasteiger partial charge is 0.476 e. The zero-order valence-electron chi connectivity index (χ0n) is 12.7. The summed E-state index contributed by atoms with van der Waals surface area (Å²) in [5.74, 6) is -0.516. The Morgan fingerprint density at radius 1 is 1.08 bits per heavy atom. The first-order chi connectivity index (χ1) is 11.6. The van der Waals surface area contributed by atoms with E-state index in [1.54, 1.807) is 18.2 Å². The third kappa shape index (κ3) is 3.09. The van der Waals surface area contributed by atoms with Gasteiger partial charge in [0.2, 0.25) is 0 Å². The van der Waals surface area contributed by atoms with Gasteiger partial charge in [-0.1, -0.05) is 12.1 Å². The van der Waals surface area contributed by atoms with Gasteiger partial charge in [0, 0.05) is 32.2 Å². The Morgan fingerprint density at radius 3 is 2.33 bits per heavy atom. The maximum absolute atomic E-state index is 11.1. The van der Waals surface area contributed by atoms with Crippen molar-refractivity contribution < 1.29 is 14.8 Å². The highest BCUT2D eigenvalue weighted by atomic mass is 16.6. The van der Waals surface area contributed by atoms with Crippen LogP contribution in [-0.4, -0.2) is 52.1 Å². The molecule has 0 aliphatic carbocycles. The minimum Gasteiger partial charge on any atom is -0.476 e. The number of nitro benzene ring substituents is 1. The van der Waals surface area contributed by atoms with Crippen molar-refractivity contribution in [1.82, 2.24) is 9.97 Å². The second kappa shape index (κ2) is 6.49. The van der Waals surface area contributed by atoms with Crippen LogP contribution in [0.5, 0.6) is 0 Å². The molecule has 1 N–H and O–H groups in total. The molecule has 1 saturated heterocycles. The molecule has 2 aromatic rings. The minimum absolute atomic E-state index is 0.0940. The van der Waals surface area contributed by atoms with E-state index in [-0.39, 0.29) is 16.3 Å². The maximum atomic E-state index is 11.1. The standard InChI is InChI=1S/C15H15N5O4/c21-15(22)11-9-17-14(10-16-11)19-7-5-18(6-8-19)12-3-1-2-4-13(12)20(23)24/h1-4,9-10H,5-8H2,(H,21,22). The van der Waals surface area contributed by atoms with E-state index in [1.807, 2.05) is 9.80 Å². The third-order valence-electron chi connectivity index (χ3n) is 3.88. The van der Waals surface area contributed by atoms with E-state index in [1.165, 1.54) is 18.5 Å². The summed E-state index contributed by atoms with van der Waals surface area (Å²) in [5.41, 5.74) is 0.600. The van der Waals surface area contributed by atoms with Crippen molar-refractivity contribution in [2.75, 3.05) is 36.0 Å². The normalized spacial score (nSPS) is 14.5. The highest BCUT2D eigenvalue weighted by Crippen LogP contribution is 2.28. The molecule has 0 atom stereocenters. The molecule has 3 rings (SSSR count). The van der Waals surface area contributed by atoms with E-state index in [0.717, 1.165) is 0 Å². The molecule has 0 bridgehead atoms. The number of hydrogen-bond acceptors (Lipinski definition) is 7. The second-order valence-electron chi connectivity index (χ2n) is 5.28. The monoisotopic (exact) mass is 329 g/mol. The molecule has 1 aromatic carbocycles. The lowest BCUT2D eigenvalue weighted by molar-refractivity contribution is -0.384. The Hall–Kier alpha value is -3.23. The number of piperazine rings is 1. The summed E-state index contributed by atoms with van der Waals surface area (Å²) in [6.45, 7) is 2.45. The van der Waals surface area contributed by atoms with Crippen LogP contribution in [0.25, 0.3) is 0 Å². The van der Waals surface area contributed by atoms with E-state index in [0.29, 0.717) is 37.7 Å². The van der Waals surface area contributed by atoms with Crippen LogP contribution >= 0.6 is 0 Å². The van der Waals surface area contributed by atoms with Crippen molar-refractivity contribution >= 4 is 23.2 Å². The van der Waals surface area contributed by atoms with Crippen LogP contribution in [0.3, 0.4) is 0 Å². The fraction of sp³-hybridized carbons (Fsp3) is 0.267. The van der Waals surface area contributed by atoms with Gasteiger partial charge in [0.15, 0.2) is 5.69 Å². The van der Waals surface area contributed by atoms with E-state index in [9.17, 15) is 14.9 Å². The molecule has 0 saturated carbocycles. The average Bonchev–Trinajstić information content (AvgIpc) is 2.62. The summed E-state index contributed by atoms with van der Waals surface area (Å²) in [5, 5.41) is 20.0. The average molecular weight is 329 g/mol. The summed E-state index contributed by atoms with van der Waals surface area (Å²) in [6, 6.07) is 6.68. The van der Waals surface area contributed by atoms with Crippen molar-refractivity contribution in [3.63, 3.8) is 0 Å². The molecule has 9 nitrogen and oxygen atoms in total. The molecule has 0 unspecified atom stereocenters. The quantitative estimate of drug-likeness (QED) is 0.662. The molecule has 1 aliphatic rings. The van der Waals surface area contributed by atoms with Crippen LogP contribution in [-0.2, 0) is 0 Å². The number of carboxylic acids is 1. The summed E-state index contributed by atoms with van der Waals surface area (Å²) >= 11 is 0. The first kappa shape index (κ1) is 15.7. The van der Waals surface area contributed by atoms with E-state index in [4.69, 9.17) is 5.11 Å². The van der Waals surface area contributed by atoms with Crippen LogP contribution in [0.1, 0.15) is 10.5 Å². The summed E-state index contributed by atoms with van der Waals surface area (Å²) in [6.07, 6.45) is 2.66. The molecule has 1 aromatic heterocycles. The fourth-order valence-electron chi connectivity index (χ4n) is 2.66. The van der Waals surface area contributed by atoms with Gasteiger partial charge in [-0.2, -0.15) is 0 Å². The Kier molecular flexibility index (Phi) is 4.23. The summed E-state index contributed by atoms with van der Waals surface area (Å²) in [7, 11) is 0. The van der Waals surface area contributed by atoms with Crippen LogP contribution in [0.15, 0.2) is 36.7 Å². The van der Waals surface area contributed by atoms with Crippen molar-refractivity contribution in [3.8, 4) is 0 Å². The Balaban J connectivity index is 1.70. The lowest BCUT2D eigenvalue weighted by atomic mass is 10.2. The molecule has 0 amide bonds. The van der Waals surface area contributed by atoms with Gasteiger partial charge in [-0.3, -0.25) is 10.1 Å². The number of benzene rings is 1. The lowest BCUT2D eigenvalue weighted by Gasteiger charge is -2.36. The van der Waals surface area contributed by atoms with Gasteiger partial charge in [0.1, 0.15) is 11.5 Å².